The van der Waals surface area contributed by atoms with Crippen molar-refractivity contribution in [3.8, 4) is 5.75 Å². The Bertz CT molecular complexity index is 603. The molecule has 0 spiro atoms. The Hall–Kier alpha value is -0.0600. The summed E-state index contributed by atoms with van der Waals surface area (Å²) in [4.78, 5) is 2.58. The van der Waals surface area contributed by atoms with Crippen LogP contribution in [0, 0.1) is 5.92 Å². The van der Waals surface area contributed by atoms with Gasteiger partial charge in [-0.1, -0.05) is 12.8 Å². The third-order valence-corrected chi connectivity index (χ3v) is 7.62. The van der Waals surface area contributed by atoms with Gasteiger partial charge in [0.1, 0.15) is 5.75 Å². The standard InChI is InChI=1S/C17H21Br2NO/c1-20-7-6-17-5-3-2-4-11(17)13(20)9-10-8-12(18)16(21)15(19)14(10)17/h8,11,13,21H,2-7,9H2,1H3/t11-,13+,17-/m1/s1. The van der Waals surface area contributed by atoms with Gasteiger partial charge in [-0.3, -0.25) is 0 Å². The Labute approximate surface area is 143 Å². The molecule has 2 fully saturated rings. The van der Waals surface area contributed by atoms with Crippen LogP contribution in [0.1, 0.15) is 43.2 Å². The van der Waals surface area contributed by atoms with Gasteiger partial charge in [0.05, 0.1) is 8.95 Å². The minimum Gasteiger partial charge on any atom is -0.506 e. The van der Waals surface area contributed by atoms with E-state index in [1.54, 1.807) is 0 Å². The molecule has 1 aromatic rings. The molecule has 1 heterocycles. The van der Waals surface area contributed by atoms with Crippen LogP contribution in [-0.2, 0) is 11.8 Å². The first-order valence-corrected chi connectivity index (χ1v) is 9.54. The Morgan fingerprint density at radius 3 is 2.90 bits per heavy atom. The second-order valence-corrected chi connectivity index (χ2v) is 8.71. The number of hydrogen-bond acceptors (Lipinski definition) is 2. The molecule has 21 heavy (non-hydrogen) atoms. The van der Waals surface area contributed by atoms with Gasteiger partial charge in [0.15, 0.2) is 0 Å². The highest BCUT2D eigenvalue weighted by Gasteiger charge is 2.54. The van der Waals surface area contributed by atoms with Gasteiger partial charge in [0, 0.05) is 11.5 Å². The normalized spacial score (nSPS) is 35.2. The fourth-order valence-corrected chi connectivity index (χ4v) is 6.91. The molecule has 0 unspecified atom stereocenters. The summed E-state index contributed by atoms with van der Waals surface area (Å²) in [5, 5.41) is 10.4. The highest BCUT2D eigenvalue weighted by atomic mass is 79.9. The first-order chi connectivity index (χ1) is 10.0. The van der Waals surface area contributed by atoms with Crippen molar-refractivity contribution >= 4 is 31.9 Å². The average molecular weight is 415 g/mol. The second kappa shape index (κ2) is 4.97. The zero-order valence-corrected chi connectivity index (χ0v) is 15.5. The van der Waals surface area contributed by atoms with Crippen LogP contribution in [0.3, 0.4) is 0 Å². The number of halogens is 2. The lowest BCUT2D eigenvalue weighted by Crippen LogP contribution is -2.59. The summed E-state index contributed by atoms with van der Waals surface area (Å²) in [6, 6.07) is 2.84. The minimum atomic E-state index is 0.292. The van der Waals surface area contributed by atoms with E-state index >= 15 is 0 Å². The maximum absolute atomic E-state index is 10.4. The van der Waals surface area contributed by atoms with Gasteiger partial charge in [-0.2, -0.15) is 0 Å². The fourth-order valence-electron chi connectivity index (χ4n) is 5.30. The lowest BCUT2D eigenvalue weighted by molar-refractivity contribution is 0.00223. The molecule has 3 aliphatic rings. The van der Waals surface area contributed by atoms with Crippen molar-refractivity contribution in [3.05, 3.63) is 26.1 Å². The molecule has 1 aromatic carbocycles. The van der Waals surface area contributed by atoms with Gasteiger partial charge >= 0.3 is 0 Å². The van der Waals surface area contributed by atoms with Crippen molar-refractivity contribution in [2.45, 2.75) is 50.0 Å². The zero-order valence-electron chi connectivity index (χ0n) is 12.3. The molecule has 2 bridgehead atoms. The van der Waals surface area contributed by atoms with Gasteiger partial charge in [0.2, 0.25) is 0 Å². The van der Waals surface area contributed by atoms with E-state index in [0.717, 1.165) is 21.3 Å². The van der Waals surface area contributed by atoms with Crippen molar-refractivity contribution in [1.82, 2.24) is 4.90 Å². The van der Waals surface area contributed by atoms with E-state index in [1.165, 1.54) is 49.8 Å². The maximum atomic E-state index is 10.4. The van der Waals surface area contributed by atoms with E-state index in [-0.39, 0.29) is 0 Å². The molecule has 3 atom stereocenters. The van der Waals surface area contributed by atoms with Crippen LogP contribution >= 0.6 is 31.9 Å². The lowest BCUT2D eigenvalue weighted by Gasteiger charge is -2.58. The van der Waals surface area contributed by atoms with Gasteiger partial charge in [-0.05, 0) is 94.2 Å². The predicted molar refractivity (Wildman–Crippen MR) is 91.9 cm³/mol. The van der Waals surface area contributed by atoms with Crippen LogP contribution in [-0.4, -0.2) is 29.6 Å². The first-order valence-electron chi connectivity index (χ1n) is 7.95. The Balaban J connectivity index is 1.97. The van der Waals surface area contributed by atoms with E-state index in [4.69, 9.17) is 0 Å². The lowest BCUT2D eigenvalue weighted by atomic mass is 9.52. The quantitative estimate of drug-likeness (QED) is 0.670. The van der Waals surface area contributed by atoms with Crippen LogP contribution < -0.4 is 0 Å². The SMILES string of the molecule is CN1CC[C@]23CCCC[C@@H]2[C@@H]1Cc1cc(Br)c(O)c(Br)c13. The van der Waals surface area contributed by atoms with E-state index in [0.29, 0.717) is 17.2 Å². The predicted octanol–water partition coefficient (Wildman–Crippen LogP) is 4.61. The topological polar surface area (TPSA) is 23.5 Å². The molecular weight excluding hydrogens is 394 g/mol. The number of benzene rings is 1. The smallest absolute Gasteiger partial charge is 0.144 e. The number of phenolic OH excluding ortho intramolecular Hbond substituents is 1. The molecule has 2 aliphatic carbocycles. The molecule has 4 heteroatoms. The van der Waals surface area contributed by atoms with Crippen molar-refractivity contribution in [3.63, 3.8) is 0 Å². The molecule has 0 radical (unpaired) electrons. The van der Waals surface area contributed by atoms with Gasteiger partial charge in [-0.15, -0.1) is 0 Å². The van der Waals surface area contributed by atoms with Crippen molar-refractivity contribution in [1.29, 1.82) is 0 Å². The highest BCUT2D eigenvalue weighted by molar-refractivity contribution is 9.11. The van der Waals surface area contributed by atoms with E-state index in [2.05, 4.69) is 49.9 Å². The van der Waals surface area contributed by atoms with Crippen molar-refractivity contribution < 1.29 is 5.11 Å². The Kier molecular flexibility index (Phi) is 3.44. The summed E-state index contributed by atoms with van der Waals surface area (Å²) >= 11 is 7.23. The van der Waals surface area contributed by atoms with E-state index < -0.39 is 0 Å². The van der Waals surface area contributed by atoms with E-state index in [9.17, 15) is 5.11 Å². The van der Waals surface area contributed by atoms with Crippen LogP contribution in [0.4, 0.5) is 0 Å². The molecule has 1 aliphatic heterocycles. The van der Waals surface area contributed by atoms with Crippen LogP contribution in [0.25, 0.3) is 0 Å². The third-order valence-electron chi connectivity index (χ3n) is 6.24. The molecule has 1 N–H and O–H groups in total. The van der Waals surface area contributed by atoms with Crippen molar-refractivity contribution in [2.75, 3.05) is 13.6 Å². The van der Waals surface area contributed by atoms with Gasteiger partial charge in [-0.25, -0.2) is 0 Å². The molecule has 1 saturated carbocycles. The number of piperidine rings is 1. The molecule has 2 nitrogen and oxygen atoms in total. The summed E-state index contributed by atoms with van der Waals surface area (Å²) in [7, 11) is 2.29. The molecule has 114 valence electrons. The van der Waals surface area contributed by atoms with Crippen LogP contribution in [0.2, 0.25) is 0 Å². The number of fused-ring (bicyclic) bond motifs is 1. The molecule has 0 aromatic heterocycles. The highest BCUT2D eigenvalue weighted by Crippen LogP contribution is 2.58. The fraction of sp³-hybridized carbons (Fsp3) is 0.647. The summed E-state index contributed by atoms with van der Waals surface area (Å²) in [6.07, 6.45) is 7.68. The number of aromatic hydroxyl groups is 1. The van der Waals surface area contributed by atoms with Crippen LogP contribution in [0.5, 0.6) is 5.75 Å². The van der Waals surface area contributed by atoms with Crippen LogP contribution in [0.15, 0.2) is 15.0 Å². The third kappa shape index (κ3) is 1.91. The molecule has 4 rings (SSSR count). The number of hydrogen-bond donors (Lipinski definition) is 1. The Morgan fingerprint density at radius 2 is 2.10 bits per heavy atom. The summed E-state index contributed by atoms with van der Waals surface area (Å²) in [5.41, 5.74) is 3.15. The second-order valence-electron chi connectivity index (χ2n) is 7.07. The molecular formula is C17H21Br2NO. The number of nitrogens with zero attached hydrogens (tertiary/aromatic N) is 1. The summed E-state index contributed by atoms with van der Waals surface area (Å²) in [5.74, 6) is 1.14. The monoisotopic (exact) mass is 413 g/mol. The Morgan fingerprint density at radius 1 is 1.29 bits per heavy atom. The van der Waals surface area contributed by atoms with Gasteiger partial charge in [0.25, 0.3) is 0 Å². The summed E-state index contributed by atoms with van der Waals surface area (Å²) in [6.45, 7) is 1.18. The van der Waals surface area contributed by atoms with Crippen molar-refractivity contribution in [2.24, 2.45) is 5.92 Å². The number of rotatable bonds is 0. The average Bonchev–Trinajstić information content (AvgIpc) is 2.48. The molecule has 0 amide bonds. The zero-order chi connectivity index (χ0) is 14.8. The molecule has 1 saturated heterocycles. The largest absolute Gasteiger partial charge is 0.506 e. The first kappa shape index (κ1) is 14.5. The minimum absolute atomic E-state index is 0.292. The number of phenols is 1. The number of likely N-dealkylation sites (tertiary alicyclic amines) is 1. The van der Waals surface area contributed by atoms with Gasteiger partial charge < -0.3 is 10.0 Å². The number of likely N-dealkylation sites (N-methyl/N-ethyl adjacent to an activating group) is 1. The summed E-state index contributed by atoms with van der Waals surface area (Å²) < 4.78 is 1.77. The van der Waals surface area contributed by atoms with E-state index in [1.807, 2.05) is 0 Å². The maximum Gasteiger partial charge on any atom is 0.144 e.